The van der Waals surface area contributed by atoms with Crippen LogP contribution in [0.5, 0.6) is 0 Å². The predicted octanol–water partition coefficient (Wildman–Crippen LogP) is 2.52. The lowest BCUT2D eigenvalue weighted by Gasteiger charge is -2.07. The number of hydrogen-bond acceptors (Lipinski definition) is 6. The van der Waals surface area contributed by atoms with E-state index in [-0.39, 0.29) is 11.8 Å². The molecule has 0 aliphatic heterocycles. The number of anilines is 2. The van der Waals surface area contributed by atoms with Crippen LogP contribution in [-0.4, -0.2) is 24.6 Å². The van der Waals surface area contributed by atoms with E-state index in [1.165, 1.54) is 16.6 Å². The number of rotatable bonds is 4. The van der Waals surface area contributed by atoms with Crippen LogP contribution in [0.4, 0.5) is 16.3 Å². The summed E-state index contributed by atoms with van der Waals surface area (Å²) < 4.78 is 14.5. The maximum atomic E-state index is 13.0. The number of hydrogen-bond donors (Lipinski definition) is 2. The van der Waals surface area contributed by atoms with Crippen molar-refractivity contribution in [1.82, 2.24) is 24.6 Å². The SMILES string of the molecule is Nc1nc(NCc2ccc(F)cc2)n2nc(-c3ccccc3)nc2n1. The first kappa shape index (κ1) is 15.0. The van der Waals surface area contributed by atoms with Gasteiger partial charge in [0.05, 0.1) is 0 Å². The Kier molecular flexibility index (Phi) is 3.70. The molecule has 0 unspecified atom stereocenters. The van der Waals surface area contributed by atoms with Crippen molar-refractivity contribution in [2.24, 2.45) is 0 Å². The Morgan fingerprint density at radius 2 is 1.72 bits per heavy atom. The first-order valence-corrected chi connectivity index (χ1v) is 7.63. The number of fused-ring (bicyclic) bond motifs is 1. The van der Waals surface area contributed by atoms with Crippen molar-refractivity contribution in [2.45, 2.75) is 6.54 Å². The molecule has 7 nitrogen and oxygen atoms in total. The molecule has 8 heteroatoms. The normalized spacial score (nSPS) is 10.9. The summed E-state index contributed by atoms with van der Waals surface area (Å²) in [6.07, 6.45) is 0. The lowest BCUT2D eigenvalue weighted by atomic mass is 10.2. The predicted molar refractivity (Wildman–Crippen MR) is 92.2 cm³/mol. The third-order valence-corrected chi connectivity index (χ3v) is 3.62. The van der Waals surface area contributed by atoms with Gasteiger partial charge in [-0.3, -0.25) is 0 Å². The van der Waals surface area contributed by atoms with Gasteiger partial charge in [-0.25, -0.2) is 4.39 Å². The number of benzene rings is 2. The van der Waals surface area contributed by atoms with Gasteiger partial charge in [-0.05, 0) is 17.7 Å². The second kappa shape index (κ2) is 6.16. The standard InChI is InChI=1S/C17H14FN7/c18-13-8-6-11(7-9-13)10-20-16-22-15(19)23-17-21-14(24-25(16)17)12-4-2-1-3-5-12/h1-9H,10H2,(H3,19,20,21,22,23,24). The molecule has 0 spiro atoms. The van der Waals surface area contributed by atoms with Gasteiger partial charge in [-0.1, -0.05) is 42.5 Å². The van der Waals surface area contributed by atoms with Crippen LogP contribution >= 0.6 is 0 Å². The van der Waals surface area contributed by atoms with Gasteiger partial charge in [0, 0.05) is 12.1 Å². The molecule has 2 heterocycles. The largest absolute Gasteiger partial charge is 0.368 e. The number of aromatic nitrogens is 5. The minimum atomic E-state index is -0.277. The monoisotopic (exact) mass is 335 g/mol. The summed E-state index contributed by atoms with van der Waals surface area (Å²) in [5, 5.41) is 7.59. The molecule has 25 heavy (non-hydrogen) atoms. The average Bonchev–Trinajstić information content (AvgIpc) is 3.06. The summed E-state index contributed by atoms with van der Waals surface area (Å²) in [6, 6.07) is 15.8. The molecule has 0 aliphatic rings. The van der Waals surface area contributed by atoms with E-state index in [0.29, 0.717) is 24.1 Å². The smallest absolute Gasteiger partial charge is 0.259 e. The molecular weight excluding hydrogens is 321 g/mol. The zero-order valence-electron chi connectivity index (χ0n) is 13.1. The fourth-order valence-corrected chi connectivity index (χ4v) is 2.41. The zero-order chi connectivity index (χ0) is 17.2. The molecule has 2 aromatic carbocycles. The number of nitrogens with zero attached hydrogens (tertiary/aromatic N) is 5. The number of halogens is 1. The van der Waals surface area contributed by atoms with Gasteiger partial charge in [0.2, 0.25) is 11.9 Å². The van der Waals surface area contributed by atoms with Crippen molar-refractivity contribution in [1.29, 1.82) is 0 Å². The fraction of sp³-hybridized carbons (Fsp3) is 0.0588. The van der Waals surface area contributed by atoms with Gasteiger partial charge >= 0.3 is 0 Å². The highest BCUT2D eigenvalue weighted by molar-refractivity contribution is 5.58. The van der Waals surface area contributed by atoms with Crippen molar-refractivity contribution in [2.75, 3.05) is 11.1 Å². The Labute approximate surface area is 142 Å². The lowest BCUT2D eigenvalue weighted by molar-refractivity contribution is 0.627. The van der Waals surface area contributed by atoms with E-state index in [1.54, 1.807) is 12.1 Å². The van der Waals surface area contributed by atoms with E-state index in [4.69, 9.17) is 5.73 Å². The number of nitrogens with two attached hydrogens (primary N) is 1. The van der Waals surface area contributed by atoms with Gasteiger partial charge in [0.15, 0.2) is 5.82 Å². The maximum absolute atomic E-state index is 13.0. The van der Waals surface area contributed by atoms with Crippen LogP contribution in [-0.2, 0) is 6.54 Å². The topological polar surface area (TPSA) is 94.0 Å². The summed E-state index contributed by atoms with van der Waals surface area (Å²) in [4.78, 5) is 12.7. The molecule has 0 aliphatic carbocycles. The molecular formula is C17H14FN7. The summed E-state index contributed by atoms with van der Waals surface area (Å²) >= 11 is 0. The van der Waals surface area contributed by atoms with E-state index >= 15 is 0 Å². The van der Waals surface area contributed by atoms with Crippen LogP contribution in [0.1, 0.15) is 5.56 Å². The third-order valence-electron chi connectivity index (χ3n) is 3.62. The second-order valence-corrected chi connectivity index (χ2v) is 5.40. The molecule has 2 aromatic heterocycles. The van der Waals surface area contributed by atoms with E-state index < -0.39 is 0 Å². The highest BCUT2D eigenvalue weighted by Gasteiger charge is 2.12. The highest BCUT2D eigenvalue weighted by atomic mass is 19.1. The Morgan fingerprint density at radius 3 is 2.48 bits per heavy atom. The van der Waals surface area contributed by atoms with E-state index in [2.05, 4.69) is 25.4 Å². The van der Waals surface area contributed by atoms with Crippen molar-refractivity contribution < 1.29 is 4.39 Å². The minimum absolute atomic E-state index is 0.0983. The van der Waals surface area contributed by atoms with Crippen molar-refractivity contribution >= 4 is 17.7 Å². The quantitative estimate of drug-likeness (QED) is 0.595. The van der Waals surface area contributed by atoms with Crippen molar-refractivity contribution in [3.8, 4) is 11.4 Å². The first-order chi connectivity index (χ1) is 12.2. The molecule has 124 valence electrons. The molecule has 0 radical (unpaired) electrons. The van der Waals surface area contributed by atoms with E-state index in [1.807, 2.05) is 30.3 Å². The molecule has 0 saturated carbocycles. The number of nitrogens with one attached hydrogen (secondary N) is 1. The number of nitrogen functional groups attached to an aromatic ring is 1. The third kappa shape index (κ3) is 3.09. The van der Waals surface area contributed by atoms with Crippen molar-refractivity contribution in [3.63, 3.8) is 0 Å². The lowest BCUT2D eigenvalue weighted by Crippen LogP contribution is -2.10. The molecule has 3 N–H and O–H groups in total. The van der Waals surface area contributed by atoms with Crippen LogP contribution in [0.25, 0.3) is 17.2 Å². The Bertz CT molecular complexity index is 1010. The van der Waals surface area contributed by atoms with Gasteiger partial charge < -0.3 is 11.1 Å². The summed E-state index contributed by atoms with van der Waals surface area (Å²) in [7, 11) is 0. The van der Waals surface area contributed by atoms with Gasteiger partial charge in [-0.15, -0.1) is 5.10 Å². The van der Waals surface area contributed by atoms with Gasteiger partial charge in [-0.2, -0.15) is 19.5 Å². The van der Waals surface area contributed by atoms with Crippen LogP contribution in [0.15, 0.2) is 54.6 Å². The Hall–Kier alpha value is -3.55. The summed E-state index contributed by atoms with van der Waals surface area (Å²) in [6.45, 7) is 0.437. The van der Waals surface area contributed by atoms with Crippen LogP contribution < -0.4 is 11.1 Å². The molecule has 0 bridgehead atoms. The maximum Gasteiger partial charge on any atom is 0.259 e. The molecule has 0 amide bonds. The molecule has 4 rings (SSSR count). The molecule has 0 fully saturated rings. The summed E-state index contributed by atoms with van der Waals surface area (Å²) in [5.74, 6) is 1.13. The minimum Gasteiger partial charge on any atom is -0.368 e. The Balaban J connectivity index is 1.68. The average molecular weight is 335 g/mol. The molecule has 0 saturated heterocycles. The first-order valence-electron chi connectivity index (χ1n) is 7.63. The summed E-state index contributed by atoms with van der Waals surface area (Å²) in [5.41, 5.74) is 7.54. The zero-order valence-corrected chi connectivity index (χ0v) is 13.1. The van der Waals surface area contributed by atoms with Crippen LogP contribution in [0, 0.1) is 5.82 Å². The van der Waals surface area contributed by atoms with Gasteiger partial charge in [0.25, 0.3) is 5.78 Å². The molecule has 0 atom stereocenters. The second-order valence-electron chi connectivity index (χ2n) is 5.40. The highest BCUT2D eigenvalue weighted by Crippen LogP contribution is 2.17. The van der Waals surface area contributed by atoms with Crippen LogP contribution in [0.2, 0.25) is 0 Å². The fourth-order valence-electron chi connectivity index (χ4n) is 2.41. The van der Waals surface area contributed by atoms with Gasteiger partial charge in [0.1, 0.15) is 5.82 Å². The van der Waals surface area contributed by atoms with Crippen molar-refractivity contribution in [3.05, 3.63) is 66.0 Å². The van der Waals surface area contributed by atoms with E-state index in [0.717, 1.165) is 11.1 Å². The van der Waals surface area contributed by atoms with Crippen LogP contribution in [0.3, 0.4) is 0 Å². The van der Waals surface area contributed by atoms with E-state index in [9.17, 15) is 4.39 Å². The molecule has 4 aromatic rings. The Morgan fingerprint density at radius 1 is 0.960 bits per heavy atom.